The van der Waals surface area contributed by atoms with Crippen LogP contribution < -0.4 is 0 Å². The monoisotopic (exact) mass is 220 g/mol. The van der Waals surface area contributed by atoms with Crippen molar-refractivity contribution in [2.45, 2.75) is 59.3 Å². The zero-order chi connectivity index (χ0) is 12.2. The van der Waals surface area contributed by atoms with Crippen LogP contribution in [0, 0.1) is 5.92 Å². The van der Waals surface area contributed by atoms with Gasteiger partial charge in [0.05, 0.1) is 0 Å². The lowest BCUT2D eigenvalue weighted by atomic mass is 9.91. The van der Waals surface area contributed by atoms with Crippen molar-refractivity contribution in [2.24, 2.45) is 5.92 Å². The zero-order valence-electron chi connectivity index (χ0n) is 11.3. The molecule has 0 radical (unpaired) electrons. The van der Waals surface area contributed by atoms with E-state index in [4.69, 9.17) is 0 Å². The fourth-order valence-electron chi connectivity index (χ4n) is 2.21. The minimum atomic E-state index is 0.911. The van der Waals surface area contributed by atoms with Gasteiger partial charge in [-0.1, -0.05) is 70.4 Å². The number of rotatable bonds is 9. The van der Waals surface area contributed by atoms with Crippen LogP contribution in [0.1, 0.15) is 59.3 Å². The minimum Gasteiger partial charge on any atom is -0.0991 e. The zero-order valence-corrected chi connectivity index (χ0v) is 11.3. The summed E-state index contributed by atoms with van der Waals surface area (Å²) in [6.45, 7) is 10.4. The summed E-state index contributed by atoms with van der Waals surface area (Å²) < 4.78 is 0. The maximum atomic E-state index is 3.77. The summed E-state index contributed by atoms with van der Waals surface area (Å²) in [4.78, 5) is 0. The summed E-state index contributed by atoms with van der Waals surface area (Å²) in [7, 11) is 0. The maximum absolute atomic E-state index is 3.77. The Morgan fingerprint density at radius 2 is 1.75 bits per heavy atom. The molecule has 0 bridgehead atoms. The number of hydrogen-bond acceptors (Lipinski definition) is 0. The van der Waals surface area contributed by atoms with E-state index in [0.29, 0.717) is 0 Å². The van der Waals surface area contributed by atoms with Gasteiger partial charge in [-0.3, -0.25) is 0 Å². The molecule has 0 aliphatic rings. The van der Waals surface area contributed by atoms with Crippen LogP contribution in [0.3, 0.4) is 0 Å². The van der Waals surface area contributed by atoms with Gasteiger partial charge in [-0.25, -0.2) is 0 Å². The van der Waals surface area contributed by atoms with Gasteiger partial charge in [-0.15, -0.1) is 0 Å². The molecule has 0 saturated carbocycles. The highest BCUT2D eigenvalue weighted by atomic mass is 14.1. The average Bonchev–Trinajstić information content (AvgIpc) is 2.27. The Hall–Kier alpha value is -0.780. The van der Waals surface area contributed by atoms with E-state index >= 15 is 0 Å². The molecule has 0 aliphatic carbocycles. The molecular weight excluding hydrogens is 192 g/mol. The van der Waals surface area contributed by atoms with Crippen LogP contribution >= 0.6 is 0 Å². The predicted molar refractivity (Wildman–Crippen MR) is 75.6 cm³/mol. The van der Waals surface area contributed by atoms with E-state index in [-0.39, 0.29) is 0 Å². The Kier molecular flexibility index (Phi) is 10.2. The number of allylic oxidation sites excluding steroid dienone is 5. The molecule has 0 heteroatoms. The molecule has 0 fully saturated rings. The molecule has 92 valence electrons. The summed E-state index contributed by atoms with van der Waals surface area (Å²) in [6.07, 6.45) is 16.3. The third-order valence-corrected chi connectivity index (χ3v) is 2.95. The van der Waals surface area contributed by atoms with Crippen molar-refractivity contribution in [3.05, 3.63) is 36.5 Å². The first-order chi connectivity index (χ1) is 7.78. The molecule has 0 amide bonds. The minimum absolute atomic E-state index is 0.911. The smallest absolute Gasteiger partial charge is 0.0276 e. The molecule has 0 heterocycles. The van der Waals surface area contributed by atoms with Crippen LogP contribution in [-0.4, -0.2) is 0 Å². The molecule has 0 aromatic heterocycles. The fourth-order valence-corrected chi connectivity index (χ4v) is 2.21. The normalized spacial score (nSPS) is 12.6. The standard InChI is InChI=1S/C16H28/c1-5-9-15(10-6-2)13-14-16(11-7-3)12-8-4/h5-6,9-10,16H,1,7-8,11-14H2,2-4H3/b10-6-,15-9+. The molecular formula is C16H28. The van der Waals surface area contributed by atoms with Crippen molar-refractivity contribution in [1.29, 1.82) is 0 Å². The van der Waals surface area contributed by atoms with Gasteiger partial charge in [-0.05, 0) is 31.3 Å². The van der Waals surface area contributed by atoms with Gasteiger partial charge in [0.25, 0.3) is 0 Å². The molecule has 0 rings (SSSR count). The fraction of sp³-hybridized carbons (Fsp3) is 0.625. The highest BCUT2D eigenvalue weighted by Gasteiger charge is 2.06. The van der Waals surface area contributed by atoms with Crippen LogP contribution in [0.4, 0.5) is 0 Å². The van der Waals surface area contributed by atoms with E-state index in [9.17, 15) is 0 Å². The van der Waals surface area contributed by atoms with E-state index in [1.807, 2.05) is 6.08 Å². The van der Waals surface area contributed by atoms with Crippen molar-refractivity contribution in [1.82, 2.24) is 0 Å². The lowest BCUT2D eigenvalue weighted by molar-refractivity contribution is 0.412. The van der Waals surface area contributed by atoms with Crippen molar-refractivity contribution in [3.8, 4) is 0 Å². The van der Waals surface area contributed by atoms with Crippen molar-refractivity contribution in [2.75, 3.05) is 0 Å². The lowest BCUT2D eigenvalue weighted by Crippen LogP contribution is -2.00. The Labute approximate surface area is 102 Å². The summed E-state index contributed by atoms with van der Waals surface area (Å²) >= 11 is 0. The Morgan fingerprint density at radius 1 is 1.12 bits per heavy atom. The van der Waals surface area contributed by atoms with Crippen molar-refractivity contribution < 1.29 is 0 Å². The molecule has 0 aromatic carbocycles. The van der Waals surface area contributed by atoms with Gasteiger partial charge in [0.15, 0.2) is 0 Å². The number of hydrogen-bond donors (Lipinski definition) is 0. The summed E-state index contributed by atoms with van der Waals surface area (Å²) in [5, 5.41) is 0. The first-order valence-electron chi connectivity index (χ1n) is 6.72. The second-order valence-electron chi connectivity index (χ2n) is 4.46. The van der Waals surface area contributed by atoms with Crippen molar-refractivity contribution in [3.63, 3.8) is 0 Å². The van der Waals surface area contributed by atoms with Crippen LogP contribution in [0.25, 0.3) is 0 Å². The average molecular weight is 220 g/mol. The lowest BCUT2D eigenvalue weighted by Gasteiger charge is -2.15. The molecule has 16 heavy (non-hydrogen) atoms. The van der Waals surface area contributed by atoms with Gasteiger partial charge in [0, 0.05) is 0 Å². The van der Waals surface area contributed by atoms with Crippen LogP contribution in [0.2, 0.25) is 0 Å². The van der Waals surface area contributed by atoms with E-state index in [1.165, 1.54) is 44.1 Å². The van der Waals surface area contributed by atoms with Gasteiger partial charge >= 0.3 is 0 Å². The molecule has 0 N–H and O–H groups in total. The van der Waals surface area contributed by atoms with Crippen LogP contribution in [-0.2, 0) is 0 Å². The van der Waals surface area contributed by atoms with Gasteiger partial charge in [0.1, 0.15) is 0 Å². The maximum Gasteiger partial charge on any atom is -0.0276 e. The molecule has 0 nitrogen and oxygen atoms in total. The predicted octanol–water partition coefficient (Wildman–Crippen LogP) is 5.67. The van der Waals surface area contributed by atoms with Gasteiger partial charge in [-0.2, -0.15) is 0 Å². The first kappa shape index (κ1) is 15.2. The van der Waals surface area contributed by atoms with Gasteiger partial charge in [0.2, 0.25) is 0 Å². The van der Waals surface area contributed by atoms with E-state index in [1.54, 1.807) is 0 Å². The highest BCUT2D eigenvalue weighted by molar-refractivity contribution is 5.22. The molecule has 0 aromatic rings. The van der Waals surface area contributed by atoms with Crippen LogP contribution in [0.5, 0.6) is 0 Å². The second kappa shape index (κ2) is 10.7. The Bertz CT molecular complexity index is 214. The van der Waals surface area contributed by atoms with Crippen molar-refractivity contribution >= 4 is 0 Å². The third kappa shape index (κ3) is 7.50. The Balaban J connectivity index is 4.13. The van der Waals surface area contributed by atoms with Gasteiger partial charge < -0.3 is 0 Å². The molecule has 0 saturated heterocycles. The first-order valence-corrected chi connectivity index (χ1v) is 6.72. The SMILES string of the molecule is C=C/C=C(\C=C/C)CCC(CCC)CCC. The molecule has 0 spiro atoms. The van der Waals surface area contributed by atoms with E-state index in [2.05, 4.69) is 45.6 Å². The molecule has 0 unspecified atom stereocenters. The second-order valence-corrected chi connectivity index (χ2v) is 4.46. The van der Waals surface area contributed by atoms with Crippen LogP contribution in [0.15, 0.2) is 36.5 Å². The topological polar surface area (TPSA) is 0 Å². The molecule has 0 aliphatic heterocycles. The Morgan fingerprint density at radius 3 is 2.19 bits per heavy atom. The van der Waals surface area contributed by atoms with E-state index < -0.39 is 0 Å². The summed E-state index contributed by atoms with van der Waals surface area (Å²) in [6, 6.07) is 0. The largest absolute Gasteiger partial charge is 0.0991 e. The third-order valence-electron chi connectivity index (χ3n) is 2.95. The summed E-state index contributed by atoms with van der Waals surface area (Å²) in [5.74, 6) is 0.911. The molecule has 0 atom stereocenters. The summed E-state index contributed by atoms with van der Waals surface area (Å²) in [5.41, 5.74) is 1.41. The highest BCUT2D eigenvalue weighted by Crippen LogP contribution is 2.22. The quantitative estimate of drug-likeness (QED) is 0.439. The van der Waals surface area contributed by atoms with E-state index in [0.717, 1.165) is 5.92 Å².